The quantitative estimate of drug-likeness (QED) is 0.519. The van der Waals surface area contributed by atoms with E-state index in [1.165, 1.54) is 0 Å². The van der Waals surface area contributed by atoms with Crippen LogP contribution >= 0.6 is 0 Å². The minimum Gasteiger partial charge on any atom is -0.411 e. The molecule has 6 nitrogen and oxygen atoms in total. The molecule has 0 aliphatic heterocycles. The molecule has 5 rings (SSSR count). The molecule has 0 bridgehead atoms. The number of hydrogen-bond donors (Lipinski definition) is 2. The fourth-order valence-corrected chi connectivity index (χ4v) is 8.07. The largest absolute Gasteiger partial charge is 0.411 e. The number of carbonyl (C=O) groups excluding carboxylic acids is 1. The number of fused-ring (bicyclic) bond motifs is 5. The van der Waals surface area contributed by atoms with Gasteiger partial charge in [0, 0.05) is 23.8 Å². The van der Waals surface area contributed by atoms with Crippen LogP contribution in [0.4, 0.5) is 0 Å². The molecule has 0 heterocycles. The van der Waals surface area contributed by atoms with Gasteiger partial charge in [0.2, 0.25) is 0 Å². The topological polar surface area (TPSA) is 97.3 Å². The number of rotatable bonds is 2. The van der Waals surface area contributed by atoms with Crippen LogP contribution in [-0.2, 0) is 9.63 Å². The van der Waals surface area contributed by atoms with Crippen molar-refractivity contribution in [1.29, 1.82) is 0 Å². The molecule has 0 spiro atoms. The molecule has 0 radical (unpaired) electrons. The molecule has 3 N–H and O–H groups in total. The summed E-state index contributed by atoms with van der Waals surface area (Å²) in [6, 6.07) is 0.0962. The summed E-state index contributed by atoms with van der Waals surface area (Å²) in [5, 5.41) is 18.3. The second-order valence-corrected chi connectivity index (χ2v) is 11.2. The van der Waals surface area contributed by atoms with Crippen LogP contribution in [0.15, 0.2) is 10.3 Å². The summed E-state index contributed by atoms with van der Waals surface area (Å²) in [7, 11) is 0. The van der Waals surface area contributed by atoms with E-state index in [1.807, 2.05) is 0 Å². The molecular formula is C24H37N3O3. The Bertz CT molecular complexity index is 780. The second kappa shape index (κ2) is 7.32. The van der Waals surface area contributed by atoms with Crippen LogP contribution in [0.3, 0.4) is 0 Å². The van der Waals surface area contributed by atoms with Crippen molar-refractivity contribution in [2.75, 3.05) is 0 Å². The van der Waals surface area contributed by atoms with Crippen molar-refractivity contribution in [1.82, 2.24) is 0 Å². The maximum absolute atomic E-state index is 12.6. The summed E-state index contributed by atoms with van der Waals surface area (Å²) in [6.45, 7) is 4.60. The Labute approximate surface area is 179 Å². The summed E-state index contributed by atoms with van der Waals surface area (Å²) in [6.07, 6.45) is 10.7. The van der Waals surface area contributed by atoms with E-state index in [0.717, 1.165) is 82.1 Å². The number of carbonyl (C=O) groups is 1. The molecule has 8 atom stereocenters. The van der Waals surface area contributed by atoms with E-state index >= 15 is 0 Å². The summed E-state index contributed by atoms with van der Waals surface area (Å²) in [4.78, 5) is 18.5. The molecule has 5 aliphatic carbocycles. The van der Waals surface area contributed by atoms with E-state index in [0.29, 0.717) is 23.5 Å². The third-order valence-corrected chi connectivity index (χ3v) is 9.98. The van der Waals surface area contributed by atoms with Crippen molar-refractivity contribution in [3.8, 4) is 0 Å². The number of hydrogen-bond acceptors (Lipinski definition) is 6. The van der Waals surface area contributed by atoms with Crippen molar-refractivity contribution in [2.45, 2.75) is 96.6 Å². The Morgan fingerprint density at radius 3 is 2.63 bits per heavy atom. The Balaban J connectivity index is 1.37. The molecule has 0 aromatic heterocycles. The van der Waals surface area contributed by atoms with Crippen molar-refractivity contribution in [3.63, 3.8) is 0 Å². The third-order valence-electron chi connectivity index (χ3n) is 9.98. The molecule has 166 valence electrons. The van der Waals surface area contributed by atoms with Gasteiger partial charge in [0.1, 0.15) is 11.9 Å². The van der Waals surface area contributed by atoms with Crippen molar-refractivity contribution in [2.24, 2.45) is 50.5 Å². The van der Waals surface area contributed by atoms with Gasteiger partial charge < -0.3 is 15.8 Å². The SMILES string of the molecule is C[C@]12CCC(=NO[C@@H]3CCC[C@H]3N)CC1/C(=N/O)C[C@@H]1[C@@H]2CC[C@]2(C)C(=O)CC[C@@H]12. The molecule has 5 saturated carbocycles. The zero-order valence-corrected chi connectivity index (χ0v) is 18.5. The minimum absolute atomic E-state index is 0.0449. The van der Waals surface area contributed by atoms with E-state index in [2.05, 4.69) is 24.2 Å². The second-order valence-electron chi connectivity index (χ2n) is 11.2. The smallest absolute Gasteiger partial charge is 0.142 e. The molecule has 0 aromatic carbocycles. The molecule has 5 aliphatic rings. The first kappa shape index (κ1) is 20.5. The number of Topliss-reactive ketones (excluding diaryl/α,β-unsaturated/α-hetero) is 1. The number of nitrogens with zero attached hydrogens (tertiary/aromatic N) is 2. The van der Waals surface area contributed by atoms with Gasteiger partial charge in [-0.15, -0.1) is 0 Å². The Hall–Kier alpha value is -1.43. The highest BCUT2D eigenvalue weighted by molar-refractivity contribution is 5.96. The molecule has 0 amide bonds. The van der Waals surface area contributed by atoms with Crippen LogP contribution in [0.25, 0.3) is 0 Å². The van der Waals surface area contributed by atoms with Crippen LogP contribution < -0.4 is 5.73 Å². The van der Waals surface area contributed by atoms with Gasteiger partial charge in [-0.2, -0.15) is 0 Å². The van der Waals surface area contributed by atoms with Gasteiger partial charge in [-0.25, -0.2) is 0 Å². The van der Waals surface area contributed by atoms with Gasteiger partial charge in [-0.3, -0.25) is 4.79 Å². The van der Waals surface area contributed by atoms with Crippen molar-refractivity contribution >= 4 is 17.2 Å². The zero-order valence-electron chi connectivity index (χ0n) is 18.5. The average Bonchev–Trinajstić information content (AvgIpc) is 3.28. The van der Waals surface area contributed by atoms with Crippen LogP contribution in [0, 0.1) is 34.5 Å². The van der Waals surface area contributed by atoms with Gasteiger partial charge in [0.05, 0.1) is 11.4 Å². The molecule has 6 heteroatoms. The van der Waals surface area contributed by atoms with E-state index in [9.17, 15) is 10.0 Å². The standard InChI is InChI=1S/C24H37N3O3/c1-23-10-8-14(27-30-21-5-3-4-19(21)25)12-18(23)20(26-29)13-15-16-6-7-22(28)24(16,2)11-9-17(15)23/h15-19,21,29H,3-13,25H2,1-2H3/b26-20+,27-14?/t15-,16-,17-,18?,19+,21+,23+,24-/m0/s1. The lowest BCUT2D eigenvalue weighted by molar-refractivity contribution is -0.133. The summed E-state index contributed by atoms with van der Waals surface area (Å²) < 4.78 is 0. The number of nitrogens with two attached hydrogens (primary N) is 1. The lowest BCUT2D eigenvalue weighted by atomic mass is 9.45. The highest BCUT2D eigenvalue weighted by Crippen LogP contribution is 2.64. The molecule has 0 aromatic rings. The van der Waals surface area contributed by atoms with E-state index in [1.54, 1.807) is 0 Å². The van der Waals surface area contributed by atoms with Gasteiger partial charge in [0.15, 0.2) is 0 Å². The summed E-state index contributed by atoms with van der Waals surface area (Å²) >= 11 is 0. The normalized spacial score (nSPS) is 51.0. The maximum atomic E-state index is 12.6. The molecular weight excluding hydrogens is 378 g/mol. The summed E-state index contributed by atoms with van der Waals surface area (Å²) in [5.41, 5.74) is 8.10. The molecule has 0 saturated heterocycles. The van der Waals surface area contributed by atoms with Crippen molar-refractivity contribution in [3.05, 3.63) is 0 Å². The van der Waals surface area contributed by atoms with Crippen LogP contribution in [0.2, 0.25) is 0 Å². The fourth-order valence-electron chi connectivity index (χ4n) is 8.07. The zero-order chi connectivity index (χ0) is 21.1. The van der Waals surface area contributed by atoms with Gasteiger partial charge in [-0.05, 0) is 87.4 Å². The minimum atomic E-state index is -0.153. The fraction of sp³-hybridized carbons (Fsp3) is 0.875. The van der Waals surface area contributed by atoms with E-state index in [-0.39, 0.29) is 28.9 Å². The number of ketones is 1. The predicted molar refractivity (Wildman–Crippen MR) is 115 cm³/mol. The van der Waals surface area contributed by atoms with E-state index < -0.39 is 0 Å². The first-order valence-corrected chi connectivity index (χ1v) is 12.1. The van der Waals surface area contributed by atoms with Gasteiger partial charge in [-0.1, -0.05) is 24.2 Å². The third kappa shape index (κ3) is 2.96. The van der Waals surface area contributed by atoms with E-state index in [4.69, 9.17) is 10.6 Å². The van der Waals surface area contributed by atoms with Crippen molar-refractivity contribution < 1.29 is 14.8 Å². The van der Waals surface area contributed by atoms with Crippen LogP contribution in [0.1, 0.15) is 84.5 Å². The highest BCUT2D eigenvalue weighted by Gasteiger charge is 2.61. The molecule has 1 unspecified atom stereocenters. The molecule has 30 heavy (non-hydrogen) atoms. The van der Waals surface area contributed by atoms with Crippen LogP contribution in [-0.4, -0.2) is 34.6 Å². The monoisotopic (exact) mass is 415 g/mol. The first-order chi connectivity index (χ1) is 14.4. The summed E-state index contributed by atoms with van der Waals surface area (Å²) in [5.74, 6) is 2.19. The average molecular weight is 416 g/mol. The lowest BCUT2D eigenvalue weighted by Gasteiger charge is -2.59. The first-order valence-electron chi connectivity index (χ1n) is 12.1. The lowest BCUT2D eigenvalue weighted by Crippen LogP contribution is -2.56. The maximum Gasteiger partial charge on any atom is 0.142 e. The predicted octanol–water partition coefficient (Wildman–Crippen LogP) is 4.29. The Kier molecular flexibility index (Phi) is 4.99. The number of oxime groups is 2. The van der Waals surface area contributed by atoms with Gasteiger partial charge in [0.25, 0.3) is 0 Å². The highest BCUT2D eigenvalue weighted by atomic mass is 16.6. The Morgan fingerprint density at radius 1 is 1.07 bits per heavy atom. The molecule has 5 fully saturated rings. The van der Waals surface area contributed by atoms with Gasteiger partial charge >= 0.3 is 0 Å². The Morgan fingerprint density at radius 2 is 1.90 bits per heavy atom. The van der Waals surface area contributed by atoms with Crippen LogP contribution in [0.5, 0.6) is 0 Å².